The van der Waals surface area contributed by atoms with E-state index in [0.717, 1.165) is 5.57 Å². The number of nitrogens with one attached hydrogen (secondary N) is 1. The molecule has 0 bridgehead atoms. The van der Waals surface area contributed by atoms with Crippen LogP contribution in [0.1, 0.15) is 6.92 Å². The number of nitrogens with zero attached hydrogens (tertiary/aromatic N) is 3. The van der Waals surface area contributed by atoms with Gasteiger partial charge in [0.25, 0.3) is 5.56 Å². The van der Waals surface area contributed by atoms with Crippen molar-refractivity contribution >= 4 is 34.5 Å². The van der Waals surface area contributed by atoms with Crippen LogP contribution in [0, 0.1) is 0 Å². The average Bonchev–Trinajstić information content (AvgIpc) is 2.80. The molecule has 0 radical (unpaired) electrons. The normalized spacial score (nSPS) is 12.7. The summed E-state index contributed by atoms with van der Waals surface area (Å²) in [6.07, 6.45) is -0.674. The van der Waals surface area contributed by atoms with Crippen molar-refractivity contribution in [2.24, 2.45) is 7.05 Å². The number of aliphatic hydroxyl groups is 1. The Morgan fingerprint density at radius 3 is 2.82 bits per heavy atom. The molecular formula is C13H17ClN4O3S. The van der Waals surface area contributed by atoms with Gasteiger partial charge in [-0.15, -0.1) is 11.6 Å². The van der Waals surface area contributed by atoms with Crippen molar-refractivity contribution in [3.63, 3.8) is 0 Å². The summed E-state index contributed by atoms with van der Waals surface area (Å²) in [4.78, 5) is 30.4. The van der Waals surface area contributed by atoms with Crippen LogP contribution in [-0.2, 0) is 13.6 Å². The number of hydrogen-bond donors (Lipinski definition) is 2. The Bertz CT molecular complexity index is 823. The van der Waals surface area contributed by atoms with Crippen LogP contribution in [0.5, 0.6) is 0 Å². The zero-order chi connectivity index (χ0) is 16.4. The SMILES string of the molecule is C=C(C)Cn1c(SC[C@H](O)CCl)nc2c1c(=O)[nH]c(=O)n2C. The highest BCUT2D eigenvalue weighted by atomic mass is 35.5. The second-order valence-corrected chi connectivity index (χ2v) is 6.34. The fourth-order valence-electron chi connectivity index (χ4n) is 1.96. The third kappa shape index (κ3) is 3.29. The van der Waals surface area contributed by atoms with Gasteiger partial charge in [0.15, 0.2) is 16.3 Å². The lowest BCUT2D eigenvalue weighted by molar-refractivity contribution is 0.223. The molecule has 1 atom stereocenters. The Kier molecular flexibility index (Phi) is 5.15. The van der Waals surface area contributed by atoms with Gasteiger partial charge in [-0.2, -0.15) is 0 Å². The number of aromatic nitrogens is 4. The van der Waals surface area contributed by atoms with Gasteiger partial charge in [-0.3, -0.25) is 14.3 Å². The molecule has 0 spiro atoms. The topological polar surface area (TPSA) is 92.9 Å². The first-order valence-corrected chi connectivity index (χ1v) is 8.08. The fourth-order valence-corrected chi connectivity index (χ4v) is 3.12. The quantitative estimate of drug-likeness (QED) is 0.457. The van der Waals surface area contributed by atoms with Gasteiger partial charge in [-0.25, -0.2) is 9.78 Å². The van der Waals surface area contributed by atoms with E-state index in [1.165, 1.54) is 16.3 Å². The number of alkyl halides is 1. The highest BCUT2D eigenvalue weighted by molar-refractivity contribution is 7.99. The molecular weight excluding hydrogens is 328 g/mol. The van der Waals surface area contributed by atoms with Crippen molar-refractivity contribution < 1.29 is 5.11 Å². The first kappa shape index (κ1) is 16.9. The van der Waals surface area contributed by atoms with E-state index in [4.69, 9.17) is 11.6 Å². The molecule has 0 aliphatic heterocycles. The highest BCUT2D eigenvalue weighted by Crippen LogP contribution is 2.23. The number of imidazole rings is 1. The number of thioether (sulfide) groups is 1. The Hall–Kier alpha value is -1.51. The Morgan fingerprint density at radius 2 is 2.23 bits per heavy atom. The number of aromatic amines is 1. The minimum absolute atomic E-state index is 0.118. The largest absolute Gasteiger partial charge is 0.391 e. The van der Waals surface area contributed by atoms with Crippen molar-refractivity contribution in [2.75, 3.05) is 11.6 Å². The van der Waals surface area contributed by atoms with Crippen LogP contribution < -0.4 is 11.2 Å². The lowest BCUT2D eigenvalue weighted by Crippen LogP contribution is -2.29. The van der Waals surface area contributed by atoms with Crippen LogP contribution in [0.2, 0.25) is 0 Å². The minimum atomic E-state index is -0.674. The van der Waals surface area contributed by atoms with E-state index in [9.17, 15) is 14.7 Å². The van der Waals surface area contributed by atoms with Gasteiger partial charge in [0.1, 0.15) is 0 Å². The predicted octanol–water partition coefficient (Wildman–Crippen LogP) is 0.691. The number of aryl methyl sites for hydroxylation is 1. The zero-order valence-corrected chi connectivity index (χ0v) is 13.9. The van der Waals surface area contributed by atoms with E-state index in [0.29, 0.717) is 28.6 Å². The summed E-state index contributed by atoms with van der Waals surface area (Å²) in [5.74, 6) is 0.460. The molecule has 22 heavy (non-hydrogen) atoms. The molecule has 0 amide bonds. The van der Waals surface area contributed by atoms with Crippen LogP contribution in [0.4, 0.5) is 0 Å². The average molecular weight is 345 g/mol. The number of fused-ring (bicyclic) bond motifs is 1. The number of allylic oxidation sites excluding steroid dienone is 1. The van der Waals surface area contributed by atoms with E-state index in [1.54, 1.807) is 11.6 Å². The van der Waals surface area contributed by atoms with Gasteiger partial charge >= 0.3 is 5.69 Å². The van der Waals surface area contributed by atoms with Crippen LogP contribution in [0.25, 0.3) is 11.2 Å². The second-order valence-electron chi connectivity index (χ2n) is 5.05. The third-order valence-corrected chi connectivity index (χ3v) is 4.46. The first-order chi connectivity index (χ1) is 10.3. The van der Waals surface area contributed by atoms with Crippen LogP contribution in [0.15, 0.2) is 26.9 Å². The molecule has 0 saturated heterocycles. The van der Waals surface area contributed by atoms with Crippen LogP contribution in [0.3, 0.4) is 0 Å². The smallest absolute Gasteiger partial charge is 0.329 e. The Balaban J connectivity index is 2.61. The van der Waals surface area contributed by atoms with Crippen molar-refractivity contribution in [1.29, 1.82) is 0 Å². The van der Waals surface area contributed by atoms with Crippen molar-refractivity contribution in [1.82, 2.24) is 19.1 Å². The lowest BCUT2D eigenvalue weighted by Gasteiger charge is -2.09. The molecule has 0 unspecified atom stereocenters. The summed E-state index contributed by atoms with van der Waals surface area (Å²) >= 11 is 6.87. The molecule has 2 rings (SSSR count). The summed E-state index contributed by atoms with van der Waals surface area (Å²) < 4.78 is 2.98. The Morgan fingerprint density at radius 1 is 1.55 bits per heavy atom. The van der Waals surface area contributed by atoms with E-state index < -0.39 is 17.4 Å². The number of rotatable bonds is 6. The van der Waals surface area contributed by atoms with Gasteiger partial charge in [-0.1, -0.05) is 23.9 Å². The fraction of sp³-hybridized carbons (Fsp3) is 0.462. The summed E-state index contributed by atoms with van der Waals surface area (Å²) in [7, 11) is 1.54. The maximum Gasteiger partial charge on any atom is 0.329 e. The van der Waals surface area contributed by atoms with Gasteiger partial charge in [0.05, 0.1) is 6.10 Å². The molecule has 2 N–H and O–H groups in total. The maximum absolute atomic E-state index is 12.1. The molecule has 0 aliphatic carbocycles. The van der Waals surface area contributed by atoms with Crippen LogP contribution >= 0.6 is 23.4 Å². The van der Waals surface area contributed by atoms with E-state index in [1.807, 2.05) is 6.92 Å². The van der Waals surface area contributed by atoms with Gasteiger partial charge in [0.2, 0.25) is 0 Å². The first-order valence-electron chi connectivity index (χ1n) is 6.56. The maximum atomic E-state index is 12.1. The summed E-state index contributed by atoms with van der Waals surface area (Å²) in [5.41, 5.74) is 0.449. The third-order valence-electron chi connectivity index (χ3n) is 2.98. The Labute approximate surface area is 135 Å². The molecule has 0 aliphatic rings. The molecule has 0 saturated carbocycles. The lowest BCUT2D eigenvalue weighted by atomic mass is 10.3. The molecule has 7 nitrogen and oxygen atoms in total. The van der Waals surface area contributed by atoms with Crippen LogP contribution in [-0.4, -0.2) is 41.9 Å². The van der Waals surface area contributed by atoms with E-state index >= 15 is 0 Å². The summed E-state index contributed by atoms with van der Waals surface area (Å²) in [6.45, 7) is 6.09. The molecule has 2 aromatic heterocycles. The summed E-state index contributed by atoms with van der Waals surface area (Å²) in [6, 6.07) is 0. The minimum Gasteiger partial charge on any atom is -0.391 e. The van der Waals surface area contributed by atoms with Gasteiger partial charge in [-0.05, 0) is 6.92 Å². The van der Waals surface area contributed by atoms with E-state index in [-0.39, 0.29) is 5.88 Å². The molecule has 120 valence electrons. The second kappa shape index (κ2) is 6.72. The number of hydrogen-bond acceptors (Lipinski definition) is 5. The zero-order valence-electron chi connectivity index (χ0n) is 12.3. The number of H-pyrrole nitrogens is 1. The monoisotopic (exact) mass is 344 g/mol. The van der Waals surface area contributed by atoms with Gasteiger partial charge in [0, 0.05) is 25.2 Å². The van der Waals surface area contributed by atoms with Crippen molar-refractivity contribution in [3.8, 4) is 0 Å². The van der Waals surface area contributed by atoms with Gasteiger partial charge < -0.3 is 9.67 Å². The van der Waals surface area contributed by atoms with E-state index in [2.05, 4.69) is 16.5 Å². The predicted molar refractivity (Wildman–Crippen MR) is 87.9 cm³/mol. The highest BCUT2D eigenvalue weighted by Gasteiger charge is 2.18. The molecule has 9 heteroatoms. The number of halogens is 1. The molecule has 0 aromatic carbocycles. The van der Waals surface area contributed by atoms with Crippen molar-refractivity contribution in [3.05, 3.63) is 33.0 Å². The molecule has 2 aromatic rings. The molecule has 0 fully saturated rings. The standard InChI is InChI=1S/C13H17ClN4O3S/c1-7(2)5-18-9-10(17(3)12(21)16-11(9)20)15-13(18)22-6-8(19)4-14/h8,19H,1,4-6H2,2-3H3,(H,16,20,21)/t8-/m1/s1. The summed E-state index contributed by atoms with van der Waals surface area (Å²) in [5, 5.41) is 10.1. The number of aliphatic hydroxyl groups excluding tert-OH is 1. The van der Waals surface area contributed by atoms with Crippen molar-refractivity contribution in [2.45, 2.75) is 24.7 Å². The molecule has 2 heterocycles.